The minimum atomic E-state index is -5.55. The van der Waals surface area contributed by atoms with E-state index in [4.69, 9.17) is 25.3 Å². The number of aromatic nitrogens is 4. The molecule has 1 fully saturated rings. The van der Waals surface area contributed by atoms with Crippen LogP contribution >= 0.6 is 35.2 Å². The van der Waals surface area contributed by atoms with Crippen LogP contribution in [0, 0.1) is 5.41 Å². The quantitative estimate of drug-likeness (QED) is 0.0495. The summed E-state index contributed by atoms with van der Waals surface area (Å²) < 4.78 is 62.0. The van der Waals surface area contributed by atoms with Gasteiger partial charge in [0.25, 0.3) is 0 Å². The molecular formula is C25H45N8O16P3S. The van der Waals surface area contributed by atoms with Crippen molar-refractivity contribution < 1.29 is 75.7 Å². The number of phosphoric acid groups is 3. The fourth-order valence-corrected chi connectivity index (χ4v) is 8.39. The van der Waals surface area contributed by atoms with E-state index in [0.29, 0.717) is 12.3 Å². The first kappa shape index (κ1) is 45.2. The molecule has 2 aromatic heterocycles. The van der Waals surface area contributed by atoms with E-state index in [0.717, 1.165) is 29.4 Å². The molecule has 2 amide bonds. The van der Waals surface area contributed by atoms with E-state index in [2.05, 4.69) is 34.4 Å². The molecule has 1 aliphatic rings. The summed E-state index contributed by atoms with van der Waals surface area (Å²) in [6.07, 6.45) is -5.89. The molecule has 1 aliphatic heterocycles. The maximum Gasteiger partial charge on any atom is 0.481 e. The highest BCUT2D eigenvalue weighted by Crippen LogP contribution is 2.61. The second-order valence-electron chi connectivity index (χ2n) is 12.4. The molecular weight excluding hydrogens is 793 g/mol. The second-order valence-corrected chi connectivity index (χ2v) is 17.9. The normalized spacial score (nSPS) is 22.9. The molecule has 1 saturated heterocycles. The van der Waals surface area contributed by atoms with Gasteiger partial charge in [0.2, 0.25) is 11.8 Å². The summed E-state index contributed by atoms with van der Waals surface area (Å²) in [6, 6.07) is 0.0930. The summed E-state index contributed by atoms with van der Waals surface area (Å²) in [4.78, 5) is 75.4. The van der Waals surface area contributed by atoms with Crippen LogP contribution in [0.5, 0.6) is 0 Å². The van der Waals surface area contributed by atoms with Gasteiger partial charge < -0.3 is 56.6 Å². The minimum Gasteiger partial charge on any atom is -0.386 e. The first-order chi connectivity index (χ1) is 24.5. The Kier molecular flexibility index (Phi) is 16.3. The van der Waals surface area contributed by atoms with Crippen LogP contribution in [0.15, 0.2) is 12.7 Å². The van der Waals surface area contributed by atoms with E-state index in [1.165, 1.54) is 13.8 Å². The summed E-state index contributed by atoms with van der Waals surface area (Å²) >= 11 is 1.63. The third-order valence-corrected chi connectivity index (χ3v) is 11.5. The zero-order valence-corrected chi connectivity index (χ0v) is 32.2. The standard InChI is InChI=1S/C25H45N8O16P3S/c1-14(26)5-8-53-9-7-28-16(34)4-6-29-23(37)20(36)25(2,3)11-46-52(43,44)49-51(41,42)45-10-15-19(48-50(38,39)40)18(35)24(47-15)33-13-32-17-21(27)30-12-31-22(17)33/h12-15,18-20,24,35-36H,4-11,26H2,1-3H3,(H,28,34)(H,29,37)(H,41,42)(H,43,44)(H2,27,30,31)(H2,38,39,40)/t14-,15+,18+,19+,20?,24+/m0/s1. The molecule has 3 heterocycles. The number of carbonyl (C=O) groups is 2. The molecule has 0 aromatic carbocycles. The van der Waals surface area contributed by atoms with E-state index in [1.807, 2.05) is 6.92 Å². The molecule has 24 nitrogen and oxygen atoms in total. The summed E-state index contributed by atoms with van der Waals surface area (Å²) in [5.74, 6) is 0.225. The van der Waals surface area contributed by atoms with Crippen molar-refractivity contribution >= 4 is 64.0 Å². The van der Waals surface area contributed by atoms with E-state index < -0.39 is 78.6 Å². The third kappa shape index (κ3) is 14.1. The fourth-order valence-electron chi connectivity index (χ4n) is 4.57. The van der Waals surface area contributed by atoms with Crippen LogP contribution in [0.25, 0.3) is 11.2 Å². The molecule has 8 atom stereocenters. The number of nitrogen functional groups attached to an aromatic ring is 1. The average molecular weight is 839 g/mol. The van der Waals surface area contributed by atoms with Crippen LogP contribution in [0.3, 0.4) is 0 Å². The van der Waals surface area contributed by atoms with Crippen molar-refractivity contribution in [1.29, 1.82) is 0 Å². The van der Waals surface area contributed by atoms with Gasteiger partial charge >= 0.3 is 23.5 Å². The topological polar surface area (TPSA) is 373 Å². The highest BCUT2D eigenvalue weighted by atomic mass is 32.2. The monoisotopic (exact) mass is 838 g/mol. The number of hydrogen-bond donors (Lipinski definition) is 10. The molecule has 12 N–H and O–H groups in total. The number of hydrogen-bond acceptors (Lipinski definition) is 18. The van der Waals surface area contributed by atoms with Crippen molar-refractivity contribution in [3.05, 3.63) is 12.7 Å². The fraction of sp³-hybridized carbons (Fsp3) is 0.720. The van der Waals surface area contributed by atoms with E-state index in [-0.39, 0.29) is 41.9 Å². The van der Waals surface area contributed by atoms with Crippen molar-refractivity contribution in [2.24, 2.45) is 11.1 Å². The number of rotatable bonds is 22. The minimum absolute atomic E-state index is 0.0363. The third-order valence-electron chi connectivity index (χ3n) is 7.36. The van der Waals surface area contributed by atoms with Gasteiger partial charge in [0.15, 0.2) is 17.7 Å². The lowest BCUT2D eigenvalue weighted by molar-refractivity contribution is -0.137. The average Bonchev–Trinajstić information content (AvgIpc) is 3.60. The Morgan fingerprint density at radius 3 is 2.42 bits per heavy atom. The SMILES string of the molecule is C[C@H](N)CCSCCNC(=O)CCNC(=O)C(O)C(C)(C)COP(=O)(O)OP(=O)(O)OC[C@H]1O[C@@H](n2cnc3c(N)ncnc32)[C@H](O)[C@@H]1OP(=O)(O)O. The van der Waals surface area contributed by atoms with E-state index in [1.54, 1.807) is 11.8 Å². The van der Waals surface area contributed by atoms with Gasteiger partial charge in [-0.05, 0) is 19.1 Å². The van der Waals surface area contributed by atoms with Crippen molar-refractivity contribution in [2.75, 3.05) is 43.5 Å². The molecule has 0 radical (unpaired) electrons. The number of nitrogens with zero attached hydrogens (tertiary/aromatic N) is 4. The molecule has 0 saturated carbocycles. The number of aliphatic hydroxyl groups is 2. The van der Waals surface area contributed by atoms with Crippen molar-refractivity contribution in [2.45, 2.75) is 70.3 Å². The molecule has 3 unspecified atom stereocenters. The molecule has 0 aliphatic carbocycles. The lowest BCUT2D eigenvalue weighted by Gasteiger charge is -2.30. The maximum atomic E-state index is 12.6. The lowest BCUT2D eigenvalue weighted by atomic mass is 9.87. The predicted octanol–water partition coefficient (Wildman–Crippen LogP) is -1.12. The van der Waals surface area contributed by atoms with Crippen LogP contribution in [0.2, 0.25) is 0 Å². The maximum absolute atomic E-state index is 12.6. The first-order valence-corrected chi connectivity index (χ1v) is 21.4. The smallest absolute Gasteiger partial charge is 0.386 e. The van der Waals surface area contributed by atoms with E-state index >= 15 is 0 Å². The first-order valence-electron chi connectivity index (χ1n) is 15.7. The van der Waals surface area contributed by atoms with Gasteiger partial charge in [0.05, 0.1) is 19.5 Å². The Labute approximate surface area is 307 Å². The second kappa shape index (κ2) is 19.1. The van der Waals surface area contributed by atoms with Gasteiger partial charge in [-0.25, -0.2) is 28.6 Å². The number of nitrogens with two attached hydrogens (primary N) is 2. The number of thioether (sulfide) groups is 1. The summed E-state index contributed by atoms with van der Waals surface area (Å²) in [7, 11) is -16.3. The largest absolute Gasteiger partial charge is 0.481 e. The van der Waals surface area contributed by atoms with Crippen molar-refractivity contribution in [3.63, 3.8) is 0 Å². The number of nitrogens with one attached hydrogen (secondary N) is 2. The highest BCUT2D eigenvalue weighted by molar-refractivity contribution is 7.99. The molecule has 0 bridgehead atoms. The number of imidazole rings is 1. The van der Waals surface area contributed by atoms with Crippen molar-refractivity contribution in [3.8, 4) is 0 Å². The number of phosphoric ester groups is 3. The number of carbonyl (C=O) groups excluding carboxylic acids is 2. The Bertz CT molecular complexity index is 1700. The number of fused-ring (bicyclic) bond motifs is 1. The number of amides is 2. The van der Waals surface area contributed by atoms with Gasteiger partial charge in [-0.1, -0.05) is 13.8 Å². The molecule has 53 heavy (non-hydrogen) atoms. The van der Waals surface area contributed by atoms with Gasteiger partial charge in [0.1, 0.15) is 36.3 Å². The molecule has 2 aromatic rings. The predicted molar refractivity (Wildman–Crippen MR) is 185 cm³/mol. The van der Waals surface area contributed by atoms with Gasteiger partial charge in [-0.15, -0.1) is 0 Å². The Hall–Kier alpha value is -2.15. The Balaban J connectivity index is 1.51. The zero-order chi connectivity index (χ0) is 39.8. The molecule has 302 valence electrons. The summed E-state index contributed by atoms with van der Waals surface area (Å²) in [5, 5.41) is 26.5. The van der Waals surface area contributed by atoms with Crippen LogP contribution in [-0.4, -0.2) is 129 Å². The Morgan fingerprint density at radius 2 is 1.75 bits per heavy atom. The lowest BCUT2D eigenvalue weighted by Crippen LogP contribution is -2.46. The van der Waals surface area contributed by atoms with Gasteiger partial charge in [-0.2, -0.15) is 16.1 Å². The van der Waals surface area contributed by atoms with Crippen LogP contribution < -0.4 is 22.1 Å². The highest BCUT2D eigenvalue weighted by Gasteiger charge is 2.50. The van der Waals surface area contributed by atoms with Crippen LogP contribution in [0.1, 0.15) is 39.8 Å². The summed E-state index contributed by atoms with van der Waals surface area (Å²) in [5.41, 5.74) is 9.99. The van der Waals surface area contributed by atoms with Gasteiger partial charge in [-0.3, -0.25) is 27.7 Å². The summed E-state index contributed by atoms with van der Waals surface area (Å²) in [6.45, 7) is 2.75. The number of anilines is 1. The van der Waals surface area contributed by atoms with Crippen LogP contribution in [0.4, 0.5) is 5.82 Å². The molecule has 0 spiro atoms. The van der Waals surface area contributed by atoms with Crippen LogP contribution in [-0.2, 0) is 45.9 Å². The molecule has 28 heteroatoms. The van der Waals surface area contributed by atoms with E-state index in [9.17, 15) is 53.1 Å². The Morgan fingerprint density at radius 1 is 1.08 bits per heavy atom. The van der Waals surface area contributed by atoms with Crippen molar-refractivity contribution in [1.82, 2.24) is 30.2 Å². The number of ether oxygens (including phenoxy) is 1. The zero-order valence-electron chi connectivity index (χ0n) is 28.7. The van der Waals surface area contributed by atoms with Gasteiger partial charge in [0, 0.05) is 36.7 Å². The molecule has 3 rings (SSSR count). The number of aliphatic hydroxyl groups excluding tert-OH is 2.